The van der Waals surface area contributed by atoms with Crippen molar-refractivity contribution in [3.05, 3.63) is 29.8 Å². The summed E-state index contributed by atoms with van der Waals surface area (Å²) in [5.41, 5.74) is 0.126. The van der Waals surface area contributed by atoms with Crippen LogP contribution in [0.3, 0.4) is 0 Å². The maximum absolute atomic E-state index is 13.2. The lowest BCUT2D eigenvalue weighted by Crippen LogP contribution is -2.42. The van der Waals surface area contributed by atoms with E-state index in [-0.39, 0.29) is 5.69 Å². The van der Waals surface area contributed by atoms with Crippen molar-refractivity contribution in [2.45, 2.75) is 26.2 Å². The van der Waals surface area contributed by atoms with Crippen molar-refractivity contribution < 1.29 is 18.4 Å². The van der Waals surface area contributed by atoms with Crippen LogP contribution in [0.4, 0.5) is 14.5 Å². The van der Waals surface area contributed by atoms with Gasteiger partial charge in [0, 0.05) is 31.9 Å². The van der Waals surface area contributed by atoms with Crippen molar-refractivity contribution >= 4 is 17.5 Å². The zero-order chi connectivity index (χ0) is 18.4. The van der Waals surface area contributed by atoms with Gasteiger partial charge in [-0.25, -0.2) is 8.78 Å². The van der Waals surface area contributed by atoms with Gasteiger partial charge in [0.05, 0.1) is 0 Å². The van der Waals surface area contributed by atoms with Gasteiger partial charge in [-0.05, 0) is 50.4 Å². The minimum Gasteiger partial charge on any atom is -0.348 e. The first-order valence-electron chi connectivity index (χ1n) is 8.61. The zero-order valence-electron chi connectivity index (χ0n) is 14.7. The molecule has 1 heterocycles. The quantitative estimate of drug-likeness (QED) is 0.652. The van der Waals surface area contributed by atoms with Gasteiger partial charge in [-0.15, -0.1) is 0 Å². The Morgan fingerprint density at radius 1 is 1.32 bits per heavy atom. The third-order valence-electron chi connectivity index (χ3n) is 4.47. The molecule has 1 aliphatic rings. The molecule has 0 bridgehead atoms. The maximum Gasteiger partial charge on any atom is 0.316 e. The van der Waals surface area contributed by atoms with Crippen LogP contribution in [0, 0.1) is 17.6 Å². The van der Waals surface area contributed by atoms with E-state index >= 15 is 0 Å². The molecule has 0 aliphatic carbocycles. The first kappa shape index (κ1) is 19.3. The van der Waals surface area contributed by atoms with Crippen LogP contribution in [0.25, 0.3) is 0 Å². The number of anilines is 1. The van der Waals surface area contributed by atoms with Crippen molar-refractivity contribution in [3.8, 4) is 0 Å². The zero-order valence-corrected chi connectivity index (χ0v) is 14.7. The van der Waals surface area contributed by atoms with E-state index in [4.69, 9.17) is 0 Å². The van der Waals surface area contributed by atoms with Gasteiger partial charge in [0.2, 0.25) is 0 Å². The third kappa shape index (κ3) is 5.49. The van der Waals surface area contributed by atoms with Gasteiger partial charge < -0.3 is 15.1 Å². The van der Waals surface area contributed by atoms with Gasteiger partial charge in [-0.2, -0.15) is 0 Å². The van der Waals surface area contributed by atoms with E-state index in [1.165, 1.54) is 26.0 Å². The first-order valence-corrected chi connectivity index (χ1v) is 8.61. The summed E-state index contributed by atoms with van der Waals surface area (Å²) in [7, 11) is 1.35. The van der Waals surface area contributed by atoms with Crippen LogP contribution in [-0.4, -0.2) is 49.9 Å². The molecule has 138 valence electrons. The Hall–Kier alpha value is -2.02. The second-order valence-electron chi connectivity index (χ2n) is 6.62. The topological polar surface area (TPSA) is 52.7 Å². The predicted molar refractivity (Wildman–Crippen MR) is 92.2 cm³/mol. The molecule has 1 fully saturated rings. The number of likely N-dealkylation sites (tertiary alicyclic amines) is 1. The molecule has 1 saturated heterocycles. The largest absolute Gasteiger partial charge is 0.348 e. The average Bonchev–Trinajstić information content (AvgIpc) is 2.59. The van der Waals surface area contributed by atoms with E-state index < -0.39 is 23.4 Å². The molecule has 1 aromatic rings. The molecule has 0 radical (unpaired) electrons. The van der Waals surface area contributed by atoms with E-state index in [9.17, 15) is 18.4 Å². The number of amides is 2. The number of rotatable bonds is 5. The van der Waals surface area contributed by atoms with Crippen LogP contribution in [0.1, 0.15) is 26.2 Å². The fourth-order valence-electron chi connectivity index (χ4n) is 3.03. The van der Waals surface area contributed by atoms with Crippen LogP contribution < -0.4 is 10.2 Å². The highest BCUT2D eigenvalue weighted by Crippen LogP contribution is 2.17. The fraction of sp³-hybridized carbons (Fsp3) is 0.556. The summed E-state index contributed by atoms with van der Waals surface area (Å²) in [5, 5.41) is 2.59. The monoisotopic (exact) mass is 353 g/mol. The lowest BCUT2D eigenvalue weighted by atomic mass is 10.0. The molecule has 2 rings (SSSR count). The molecule has 1 aliphatic heterocycles. The summed E-state index contributed by atoms with van der Waals surface area (Å²) >= 11 is 0. The summed E-state index contributed by atoms with van der Waals surface area (Å²) < 4.78 is 26.2. The predicted octanol–water partition coefficient (Wildman–Crippen LogP) is 2.17. The van der Waals surface area contributed by atoms with Crippen molar-refractivity contribution in [3.63, 3.8) is 0 Å². The number of halogens is 2. The molecule has 0 spiro atoms. The van der Waals surface area contributed by atoms with Crippen LogP contribution in [0.15, 0.2) is 18.2 Å². The third-order valence-corrected chi connectivity index (χ3v) is 4.47. The number of nitrogens with one attached hydrogen (secondary N) is 1. The molecule has 0 saturated carbocycles. The van der Waals surface area contributed by atoms with Gasteiger partial charge in [0.25, 0.3) is 0 Å². The number of hydrogen-bond acceptors (Lipinski definition) is 3. The average molecular weight is 353 g/mol. The molecule has 0 unspecified atom stereocenters. The Balaban J connectivity index is 1.75. The van der Waals surface area contributed by atoms with Crippen LogP contribution in [-0.2, 0) is 9.59 Å². The van der Waals surface area contributed by atoms with E-state index in [0.717, 1.165) is 43.1 Å². The highest BCUT2D eigenvalue weighted by atomic mass is 19.2. The molecular weight excluding hydrogens is 328 g/mol. The maximum atomic E-state index is 13.2. The number of piperidine rings is 1. The van der Waals surface area contributed by atoms with Gasteiger partial charge in [0.15, 0.2) is 11.6 Å². The fourth-order valence-corrected chi connectivity index (χ4v) is 3.03. The van der Waals surface area contributed by atoms with Gasteiger partial charge in [0.1, 0.15) is 0 Å². The molecule has 2 amide bonds. The number of hydrogen-bond donors (Lipinski definition) is 1. The summed E-state index contributed by atoms with van der Waals surface area (Å²) in [6.45, 7) is 5.68. The lowest BCUT2D eigenvalue weighted by Gasteiger charge is -2.30. The molecular formula is C18H25F2N3O2. The SMILES string of the molecule is C[C@H]1CCCN(CCCNC(=O)C(=O)N(C)c2ccc(F)c(F)c2)C1. The highest BCUT2D eigenvalue weighted by molar-refractivity contribution is 6.40. The Labute approximate surface area is 147 Å². The lowest BCUT2D eigenvalue weighted by molar-refractivity contribution is -0.137. The Kier molecular flexibility index (Phi) is 6.87. The second-order valence-corrected chi connectivity index (χ2v) is 6.62. The minimum atomic E-state index is -1.06. The van der Waals surface area contributed by atoms with Crippen molar-refractivity contribution in [1.82, 2.24) is 10.2 Å². The summed E-state index contributed by atoms with van der Waals surface area (Å²) in [6.07, 6.45) is 3.23. The number of carbonyl (C=O) groups is 2. The molecule has 1 atom stereocenters. The molecule has 1 aromatic carbocycles. The first-order chi connectivity index (χ1) is 11.9. The highest BCUT2D eigenvalue weighted by Gasteiger charge is 2.21. The number of likely N-dealkylation sites (N-methyl/N-ethyl adjacent to an activating group) is 1. The second kappa shape index (κ2) is 8.89. The van der Waals surface area contributed by atoms with Crippen molar-refractivity contribution in [1.29, 1.82) is 0 Å². The molecule has 0 aromatic heterocycles. The number of nitrogens with zero attached hydrogens (tertiary/aromatic N) is 2. The molecule has 5 nitrogen and oxygen atoms in total. The summed E-state index contributed by atoms with van der Waals surface area (Å²) in [6, 6.07) is 3.06. The standard InChI is InChI=1S/C18H25F2N3O2/c1-13-5-3-9-23(12-13)10-4-8-21-17(24)18(25)22(2)14-6-7-15(19)16(20)11-14/h6-7,11,13H,3-5,8-10,12H2,1-2H3,(H,21,24)/t13-/m0/s1. The Morgan fingerprint density at radius 2 is 2.08 bits per heavy atom. The number of benzene rings is 1. The number of carbonyl (C=O) groups excluding carboxylic acids is 2. The van der Waals surface area contributed by atoms with Crippen LogP contribution in [0.5, 0.6) is 0 Å². The van der Waals surface area contributed by atoms with Gasteiger partial charge in [-0.1, -0.05) is 6.92 Å². The Bertz CT molecular complexity index is 624. The van der Waals surface area contributed by atoms with Gasteiger partial charge in [-0.3, -0.25) is 9.59 Å². The molecule has 7 heteroatoms. The van der Waals surface area contributed by atoms with E-state index in [1.54, 1.807) is 0 Å². The summed E-state index contributed by atoms with van der Waals surface area (Å²) in [5.74, 6) is -2.92. The van der Waals surface area contributed by atoms with E-state index in [1.807, 2.05) is 0 Å². The van der Waals surface area contributed by atoms with E-state index in [0.29, 0.717) is 12.5 Å². The molecule has 25 heavy (non-hydrogen) atoms. The molecule has 1 N–H and O–H groups in total. The normalized spacial score (nSPS) is 18.0. The minimum absolute atomic E-state index is 0.126. The van der Waals surface area contributed by atoms with Crippen LogP contribution >= 0.6 is 0 Å². The smallest absolute Gasteiger partial charge is 0.316 e. The summed E-state index contributed by atoms with van der Waals surface area (Å²) in [4.78, 5) is 27.4. The van der Waals surface area contributed by atoms with Crippen LogP contribution in [0.2, 0.25) is 0 Å². The van der Waals surface area contributed by atoms with Gasteiger partial charge >= 0.3 is 11.8 Å². The van der Waals surface area contributed by atoms with E-state index in [2.05, 4.69) is 17.1 Å². The van der Waals surface area contributed by atoms with Crippen molar-refractivity contribution in [2.24, 2.45) is 5.92 Å². The Morgan fingerprint density at radius 3 is 2.76 bits per heavy atom. The van der Waals surface area contributed by atoms with Crippen molar-refractivity contribution in [2.75, 3.05) is 38.1 Å².